The number of nitrogens with one attached hydrogen (secondary N) is 1. The van der Waals surface area contributed by atoms with Crippen LogP contribution in [0.3, 0.4) is 0 Å². The normalized spacial score (nSPS) is 24.1. The summed E-state index contributed by atoms with van der Waals surface area (Å²) in [6, 6.07) is 0.629. The molecule has 0 aliphatic carbocycles. The third kappa shape index (κ3) is 3.20. The first-order valence-electron chi connectivity index (χ1n) is 8.84. The number of likely N-dealkylation sites (tertiary alicyclic amines) is 1. The summed E-state index contributed by atoms with van der Waals surface area (Å²) in [4.78, 5) is 2.80. The Labute approximate surface area is 125 Å². The summed E-state index contributed by atoms with van der Waals surface area (Å²) in [6.45, 7) is 12.6. The van der Waals surface area contributed by atoms with E-state index in [2.05, 4.69) is 31.0 Å². The van der Waals surface area contributed by atoms with Crippen LogP contribution in [-0.4, -0.2) is 49.3 Å². The highest BCUT2D eigenvalue weighted by Crippen LogP contribution is 2.37. The molecule has 2 rings (SSSR count). The summed E-state index contributed by atoms with van der Waals surface area (Å²) >= 11 is 0. The van der Waals surface area contributed by atoms with Crippen molar-refractivity contribution < 1.29 is 4.74 Å². The predicted molar refractivity (Wildman–Crippen MR) is 85.1 cm³/mol. The van der Waals surface area contributed by atoms with Crippen molar-refractivity contribution in [1.29, 1.82) is 0 Å². The highest BCUT2D eigenvalue weighted by molar-refractivity contribution is 5.03. The minimum atomic E-state index is 0.356. The summed E-state index contributed by atoms with van der Waals surface area (Å²) in [5.41, 5.74) is 0.356. The molecule has 0 saturated carbocycles. The van der Waals surface area contributed by atoms with E-state index in [1.165, 1.54) is 51.6 Å². The van der Waals surface area contributed by atoms with Crippen LogP contribution in [0, 0.1) is 5.92 Å². The largest absolute Gasteiger partial charge is 0.381 e. The molecule has 3 nitrogen and oxygen atoms in total. The van der Waals surface area contributed by atoms with Gasteiger partial charge < -0.3 is 10.1 Å². The van der Waals surface area contributed by atoms with Gasteiger partial charge in [0.05, 0.1) is 0 Å². The Morgan fingerprint density at radius 3 is 2.20 bits per heavy atom. The first-order valence-corrected chi connectivity index (χ1v) is 8.84. The van der Waals surface area contributed by atoms with E-state index in [-0.39, 0.29) is 0 Å². The van der Waals surface area contributed by atoms with E-state index in [1.54, 1.807) is 0 Å². The lowest BCUT2D eigenvalue weighted by atomic mass is 9.74. The fourth-order valence-corrected chi connectivity index (χ4v) is 4.56. The maximum Gasteiger partial charge on any atom is 0.0469 e. The molecule has 1 unspecified atom stereocenters. The van der Waals surface area contributed by atoms with Crippen molar-refractivity contribution in [2.75, 3.05) is 32.8 Å². The van der Waals surface area contributed by atoms with E-state index < -0.39 is 0 Å². The van der Waals surface area contributed by atoms with Crippen molar-refractivity contribution in [3.63, 3.8) is 0 Å². The molecular formula is C17H34N2O. The zero-order valence-corrected chi connectivity index (χ0v) is 13.8. The molecule has 2 saturated heterocycles. The Hall–Kier alpha value is -0.120. The zero-order valence-electron chi connectivity index (χ0n) is 13.8. The van der Waals surface area contributed by atoms with Crippen LogP contribution in [0.2, 0.25) is 0 Å². The molecular weight excluding hydrogens is 248 g/mol. The van der Waals surface area contributed by atoms with Crippen molar-refractivity contribution in [3.8, 4) is 0 Å². The van der Waals surface area contributed by atoms with Crippen LogP contribution in [-0.2, 0) is 4.74 Å². The molecule has 0 spiro atoms. The van der Waals surface area contributed by atoms with Crippen molar-refractivity contribution in [2.45, 2.75) is 70.9 Å². The SMILES string of the molecule is CCNC(C1CCOCC1)C(CC)(CC)N1CCCC1. The third-order valence-electron chi connectivity index (χ3n) is 5.70. The molecule has 0 aromatic carbocycles. The minimum absolute atomic E-state index is 0.356. The Kier molecular flexibility index (Phi) is 6.31. The van der Waals surface area contributed by atoms with Crippen molar-refractivity contribution in [2.24, 2.45) is 5.92 Å². The number of likely N-dealkylation sites (N-methyl/N-ethyl adjacent to an activating group) is 1. The van der Waals surface area contributed by atoms with Crippen molar-refractivity contribution >= 4 is 0 Å². The van der Waals surface area contributed by atoms with Crippen molar-refractivity contribution in [1.82, 2.24) is 10.2 Å². The average molecular weight is 282 g/mol. The average Bonchev–Trinajstić information content (AvgIpc) is 3.04. The van der Waals surface area contributed by atoms with Crippen LogP contribution in [0.5, 0.6) is 0 Å². The second kappa shape index (κ2) is 7.77. The molecule has 118 valence electrons. The van der Waals surface area contributed by atoms with Gasteiger partial charge in [-0.3, -0.25) is 4.90 Å². The van der Waals surface area contributed by atoms with Gasteiger partial charge in [-0.25, -0.2) is 0 Å². The maximum absolute atomic E-state index is 5.59. The zero-order chi connectivity index (χ0) is 14.4. The summed E-state index contributed by atoms with van der Waals surface area (Å²) in [7, 11) is 0. The highest BCUT2D eigenvalue weighted by Gasteiger charge is 2.45. The van der Waals surface area contributed by atoms with Crippen LogP contribution in [0.1, 0.15) is 59.3 Å². The standard InChI is InChI=1S/C17H34N2O/c1-4-17(5-2,19-11-7-8-12-19)16(18-6-3)15-9-13-20-14-10-15/h15-16,18H,4-14H2,1-3H3. The second-order valence-electron chi connectivity index (χ2n) is 6.49. The van der Waals surface area contributed by atoms with Crippen LogP contribution >= 0.6 is 0 Å². The van der Waals surface area contributed by atoms with Gasteiger partial charge in [-0.05, 0) is 64.1 Å². The lowest BCUT2D eigenvalue weighted by Gasteiger charge is -2.50. The van der Waals surface area contributed by atoms with Gasteiger partial charge in [0.1, 0.15) is 0 Å². The summed E-state index contributed by atoms with van der Waals surface area (Å²) in [6.07, 6.45) is 7.75. The fourth-order valence-electron chi connectivity index (χ4n) is 4.56. The molecule has 0 aromatic heterocycles. The Bertz CT molecular complexity index is 266. The third-order valence-corrected chi connectivity index (χ3v) is 5.70. The molecule has 2 fully saturated rings. The molecule has 0 aromatic rings. The van der Waals surface area contributed by atoms with Crippen LogP contribution < -0.4 is 5.32 Å². The minimum Gasteiger partial charge on any atom is -0.381 e. The molecule has 20 heavy (non-hydrogen) atoms. The monoisotopic (exact) mass is 282 g/mol. The van der Waals surface area contributed by atoms with E-state index in [0.717, 1.165) is 25.7 Å². The molecule has 0 amide bonds. The van der Waals surface area contributed by atoms with Gasteiger partial charge in [0, 0.05) is 24.8 Å². The molecule has 0 bridgehead atoms. The van der Waals surface area contributed by atoms with E-state index in [9.17, 15) is 0 Å². The van der Waals surface area contributed by atoms with Gasteiger partial charge in [0.2, 0.25) is 0 Å². The number of rotatable bonds is 7. The van der Waals surface area contributed by atoms with Crippen molar-refractivity contribution in [3.05, 3.63) is 0 Å². The van der Waals surface area contributed by atoms with Gasteiger partial charge in [-0.2, -0.15) is 0 Å². The summed E-state index contributed by atoms with van der Waals surface area (Å²) in [5, 5.41) is 3.87. The second-order valence-corrected chi connectivity index (χ2v) is 6.49. The summed E-state index contributed by atoms with van der Waals surface area (Å²) in [5.74, 6) is 0.782. The molecule has 2 heterocycles. The maximum atomic E-state index is 5.59. The van der Waals surface area contributed by atoms with E-state index >= 15 is 0 Å². The Morgan fingerprint density at radius 1 is 1.10 bits per heavy atom. The van der Waals surface area contributed by atoms with E-state index in [1.807, 2.05) is 0 Å². The molecule has 1 atom stereocenters. The molecule has 2 aliphatic heterocycles. The van der Waals surface area contributed by atoms with Gasteiger partial charge in [0.25, 0.3) is 0 Å². The quantitative estimate of drug-likeness (QED) is 0.777. The van der Waals surface area contributed by atoms with Crippen LogP contribution in [0.15, 0.2) is 0 Å². The first kappa shape index (κ1) is 16.3. The summed E-state index contributed by atoms with van der Waals surface area (Å²) < 4.78 is 5.59. The topological polar surface area (TPSA) is 24.5 Å². The van der Waals surface area contributed by atoms with Gasteiger partial charge in [0.15, 0.2) is 0 Å². The molecule has 3 heteroatoms. The smallest absolute Gasteiger partial charge is 0.0469 e. The number of hydrogen-bond acceptors (Lipinski definition) is 3. The van der Waals surface area contributed by atoms with E-state index in [4.69, 9.17) is 4.74 Å². The molecule has 0 radical (unpaired) electrons. The van der Waals surface area contributed by atoms with Gasteiger partial charge in [-0.15, -0.1) is 0 Å². The van der Waals surface area contributed by atoms with Crippen LogP contribution in [0.25, 0.3) is 0 Å². The molecule has 2 aliphatic rings. The first-order chi connectivity index (χ1) is 9.78. The van der Waals surface area contributed by atoms with E-state index in [0.29, 0.717) is 11.6 Å². The van der Waals surface area contributed by atoms with Gasteiger partial charge >= 0.3 is 0 Å². The number of nitrogens with zero attached hydrogens (tertiary/aromatic N) is 1. The highest BCUT2D eigenvalue weighted by atomic mass is 16.5. The molecule has 1 N–H and O–H groups in total. The Balaban J connectivity index is 2.20. The lowest BCUT2D eigenvalue weighted by Crippen LogP contribution is -2.63. The fraction of sp³-hybridized carbons (Fsp3) is 1.00. The Morgan fingerprint density at radius 2 is 1.70 bits per heavy atom. The predicted octanol–water partition coefficient (Wildman–Crippen LogP) is 3.05. The lowest BCUT2D eigenvalue weighted by molar-refractivity contribution is -0.00543. The van der Waals surface area contributed by atoms with Crippen LogP contribution in [0.4, 0.5) is 0 Å². The number of hydrogen-bond donors (Lipinski definition) is 1. The van der Waals surface area contributed by atoms with Gasteiger partial charge in [-0.1, -0.05) is 20.8 Å². The number of ether oxygens (including phenoxy) is 1.